The molecule has 1 aromatic heterocycles. The minimum absolute atomic E-state index is 0.151. The van der Waals surface area contributed by atoms with Gasteiger partial charge in [0.1, 0.15) is 0 Å². The van der Waals surface area contributed by atoms with E-state index >= 15 is 0 Å². The summed E-state index contributed by atoms with van der Waals surface area (Å²) in [6.45, 7) is 5.78. The van der Waals surface area contributed by atoms with Crippen LogP contribution >= 0.6 is 0 Å². The number of aromatic nitrogens is 1. The lowest BCUT2D eigenvalue weighted by molar-refractivity contribution is 0.0812. The number of ketones is 2. The van der Waals surface area contributed by atoms with Crippen LogP contribution < -0.4 is 0 Å². The Kier molecular flexibility index (Phi) is 2.42. The number of carbonyl (C=O) groups is 2. The lowest BCUT2D eigenvalue weighted by Gasteiger charge is -2.14. The number of hydrogen-bond donors (Lipinski definition) is 0. The number of Topliss-reactive ketones (excluding diaryl/α,β-unsaturated/α-hetero) is 2. The van der Waals surface area contributed by atoms with Gasteiger partial charge in [-0.05, 0) is 37.1 Å². The number of carbonyl (C=O) groups excluding carboxylic acids is 2. The molecule has 1 aliphatic rings. The van der Waals surface area contributed by atoms with Gasteiger partial charge in [-0.3, -0.25) is 9.59 Å². The average Bonchev–Trinajstić information content (AvgIpc) is 2.83. The van der Waals surface area contributed by atoms with E-state index in [4.69, 9.17) is 4.42 Å². The van der Waals surface area contributed by atoms with E-state index in [1.54, 1.807) is 6.07 Å². The van der Waals surface area contributed by atoms with E-state index in [2.05, 4.69) is 4.98 Å². The quantitative estimate of drug-likeness (QED) is 0.735. The molecule has 4 heteroatoms. The maximum Gasteiger partial charge on any atom is 0.255 e. The first-order valence-corrected chi connectivity index (χ1v) is 6.23. The number of benzene rings is 1. The lowest BCUT2D eigenvalue weighted by atomic mass is 9.88. The summed E-state index contributed by atoms with van der Waals surface area (Å²) in [5.41, 5.74) is 3.28. The molecule has 0 unspecified atom stereocenters. The molecule has 0 atom stereocenters. The van der Waals surface area contributed by atoms with Gasteiger partial charge in [0.2, 0.25) is 5.78 Å². The number of rotatable bonds is 1. The van der Waals surface area contributed by atoms with E-state index < -0.39 is 11.6 Å². The number of fused-ring (bicyclic) bond motifs is 3. The lowest BCUT2D eigenvalue weighted by Crippen LogP contribution is -2.21. The molecule has 0 amide bonds. The number of aryl methyl sites for hydroxylation is 3. The van der Waals surface area contributed by atoms with Crippen molar-refractivity contribution in [3.05, 3.63) is 40.4 Å². The van der Waals surface area contributed by atoms with Crippen molar-refractivity contribution < 1.29 is 14.0 Å². The van der Waals surface area contributed by atoms with Crippen LogP contribution in [0.25, 0.3) is 11.3 Å². The Morgan fingerprint density at radius 3 is 2.32 bits per heavy atom. The fourth-order valence-corrected chi connectivity index (χ4v) is 2.27. The maximum atomic E-state index is 12.1. The van der Waals surface area contributed by atoms with Crippen LogP contribution in [0.5, 0.6) is 0 Å². The van der Waals surface area contributed by atoms with Crippen LogP contribution in [0, 0.1) is 13.8 Å². The Hall–Kier alpha value is -2.23. The predicted octanol–water partition coefficient (Wildman–Crippen LogP) is 2.90. The van der Waals surface area contributed by atoms with Crippen molar-refractivity contribution in [1.29, 1.82) is 0 Å². The molecule has 2 aromatic rings. The Morgan fingerprint density at radius 1 is 1.05 bits per heavy atom. The van der Waals surface area contributed by atoms with E-state index in [0.717, 1.165) is 11.1 Å². The highest BCUT2D eigenvalue weighted by atomic mass is 16.4. The Bertz CT molecular complexity index is 725. The van der Waals surface area contributed by atoms with Gasteiger partial charge in [0.15, 0.2) is 17.3 Å². The van der Waals surface area contributed by atoms with Gasteiger partial charge in [-0.15, -0.1) is 0 Å². The number of oxazole rings is 1. The fourth-order valence-electron chi connectivity index (χ4n) is 2.27. The molecule has 3 rings (SSSR count). The normalized spacial score (nSPS) is 13.4. The average molecular weight is 255 g/mol. The van der Waals surface area contributed by atoms with Gasteiger partial charge in [-0.2, -0.15) is 0 Å². The van der Waals surface area contributed by atoms with E-state index in [1.807, 2.05) is 26.8 Å². The van der Waals surface area contributed by atoms with Gasteiger partial charge in [0, 0.05) is 17.5 Å². The molecular weight excluding hydrogens is 242 g/mol. The second-order valence-electron chi connectivity index (χ2n) is 4.78. The van der Waals surface area contributed by atoms with Gasteiger partial charge >= 0.3 is 0 Å². The number of hydrogen-bond acceptors (Lipinski definition) is 4. The first-order valence-electron chi connectivity index (χ1n) is 6.23. The monoisotopic (exact) mass is 255 g/mol. The van der Waals surface area contributed by atoms with Gasteiger partial charge in [-0.25, -0.2) is 4.98 Å². The second-order valence-corrected chi connectivity index (χ2v) is 4.78. The van der Waals surface area contributed by atoms with Crippen LogP contribution in [0.2, 0.25) is 0 Å². The molecular formula is C15H13NO3. The zero-order chi connectivity index (χ0) is 13.7. The first-order chi connectivity index (χ1) is 9.02. The highest BCUT2D eigenvalue weighted by molar-refractivity contribution is 6.52. The van der Waals surface area contributed by atoms with E-state index in [0.29, 0.717) is 29.2 Å². The summed E-state index contributed by atoms with van der Waals surface area (Å²) in [5, 5.41) is 0. The van der Waals surface area contributed by atoms with E-state index in [9.17, 15) is 9.59 Å². The van der Waals surface area contributed by atoms with Crippen molar-refractivity contribution in [2.24, 2.45) is 0 Å². The molecule has 19 heavy (non-hydrogen) atoms. The van der Waals surface area contributed by atoms with Crippen molar-refractivity contribution in [3.63, 3.8) is 0 Å². The van der Waals surface area contributed by atoms with Crippen LogP contribution in [-0.4, -0.2) is 16.6 Å². The summed E-state index contributed by atoms with van der Waals surface area (Å²) in [7, 11) is 0. The molecule has 0 N–H and O–H groups in total. The summed E-state index contributed by atoms with van der Waals surface area (Å²) in [6.07, 6.45) is 0.592. The van der Waals surface area contributed by atoms with Gasteiger partial charge in [0.05, 0.1) is 0 Å². The predicted molar refractivity (Wildman–Crippen MR) is 69.5 cm³/mol. The highest BCUT2D eigenvalue weighted by Crippen LogP contribution is 2.35. The largest absolute Gasteiger partial charge is 0.440 e. The molecule has 1 aromatic carbocycles. The van der Waals surface area contributed by atoms with E-state index in [-0.39, 0.29) is 5.69 Å². The third-order valence-corrected chi connectivity index (χ3v) is 3.52. The van der Waals surface area contributed by atoms with Crippen LogP contribution in [0.4, 0.5) is 0 Å². The molecule has 1 heterocycles. The molecule has 0 saturated carbocycles. The highest BCUT2D eigenvalue weighted by Gasteiger charge is 2.35. The minimum atomic E-state index is -0.575. The maximum absolute atomic E-state index is 12.1. The zero-order valence-electron chi connectivity index (χ0n) is 11.0. The van der Waals surface area contributed by atoms with Crippen molar-refractivity contribution in [2.45, 2.75) is 27.2 Å². The number of nitrogens with zero attached hydrogens (tertiary/aromatic N) is 1. The summed E-state index contributed by atoms with van der Waals surface area (Å²) in [5.74, 6) is -0.160. The fraction of sp³-hybridized carbons (Fsp3) is 0.267. The Morgan fingerprint density at radius 2 is 1.68 bits per heavy atom. The van der Waals surface area contributed by atoms with Gasteiger partial charge in [0.25, 0.3) is 5.78 Å². The van der Waals surface area contributed by atoms with Crippen molar-refractivity contribution in [1.82, 2.24) is 4.98 Å². The SMILES string of the molecule is CCc1nc2c(o1)-c1cc(C)c(C)cc1C(=O)C2=O. The topological polar surface area (TPSA) is 60.2 Å². The van der Waals surface area contributed by atoms with Gasteiger partial charge < -0.3 is 4.42 Å². The Balaban J connectivity index is 2.35. The van der Waals surface area contributed by atoms with Crippen LogP contribution in [0.1, 0.15) is 44.8 Å². The second kappa shape index (κ2) is 3.88. The van der Waals surface area contributed by atoms with Crippen LogP contribution in [-0.2, 0) is 6.42 Å². The smallest absolute Gasteiger partial charge is 0.255 e. The van der Waals surface area contributed by atoms with E-state index in [1.165, 1.54) is 0 Å². The third kappa shape index (κ3) is 1.56. The molecule has 0 aliphatic heterocycles. The van der Waals surface area contributed by atoms with Crippen LogP contribution in [0.3, 0.4) is 0 Å². The first kappa shape index (κ1) is 11.8. The van der Waals surface area contributed by atoms with Crippen LogP contribution in [0.15, 0.2) is 16.5 Å². The molecule has 1 aliphatic carbocycles. The summed E-state index contributed by atoms with van der Waals surface area (Å²) in [4.78, 5) is 28.3. The summed E-state index contributed by atoms with van der Waals surface area (Å²) >= 11 is 0. The molecule has 0 radical (unpaired) electrons. The standard InChI is InChI=1S/C15H13NO3/c1-4-11-16-12-14(18)13(17)9-5-7(2)8(3)6-10(9)15(12)19-11/h5-6H,4H2,1-3H3. The minimum Gasteiger partial charge on any atom is -0.440 e. The summed E-state index contributed by atoms with van der Waals surface area (Å²) < 4.78 is 5.61. The zero-order valence-corrected chi connectivity index (χ0v) is 11.0. The van der Waals surface area contributed by atoms with Crippen molar-refractivity contribution >= 4 is 11.6 Å². The molecule has 4 nitrogen and oxygen atoms in total. The molecule has 0 bridgehead atoms. The third-order valence-electron chi connectivity index (χ3n) is 3.52. The van der Waals surface area contributed by atoms with Crippen molar-refractivity contribution in [2.75, 3.05) is 0 Å². The Labute approximate surface area is 110 Å². The summed E-state index contributed by atoms with van der Waals surface area (Å²) in [6, 6.07) is 3.64. The molecule has 96 valence electrons. The molecule has 0 fully saturated rings. The molecule has 0 saturated heterocycles. The van der Waals surface area contributed by atoms with Crippen molar-refractivity contribution in [3.8, 4) is 11.3 Å². The van der Waals surface area contributed by atoms with Gasteiger partial charge in [-0.1, -0.05) is 6.92 Å². The molecule has 0 spiro atoms.